The van der Waals surface area contributed by atoms with E-state index >= 15 is 0 Å². The van der Waals surface area contributed by atoms with Crippen LogP contribution in [0.25, 0.3) is 0 Å². The predicted molar refractivity (Wildman–Crippen MR) is 72.2 cm³/mol. The topological polar surface area (TPSA) is 126 Å². The van der Waals surface area contributed by atoms with Crippen LogP contribution in [0.5, 0.6) is 0 Å². The van der Waals surface area contributed by atoms with Crippen molar-refractivity contribution in [2.45, 2.75) is 27.2 Å². The molecule has 0 spiro atoms. The molecule has 21 heavy (non-hydrogen) atoms. The van der Waals surface area contributed by atoms with E-state index in [1.54, 1.807) is 20.8 Å². The first kappa shape index (κ1) is 16.5. The third-order valence-corrected chi connectivity index (χ3v) is 2.48. The number of nitrogens with one attached hydrogen (secondary N) is 1. The fourth-order valence-electron chi connectivity index (χ4n) is 1.67. The Morgan fingerprint density at radius 1 is 1.24 bits per heavy atom. The van der Waals surface area contributed by atoms with Gasteiger partial charge in [0.25, 0.3) is 0 Å². The largest absolute Gasteiger partial charge is 0.466 e. The van der Waals surface area contributed by atoms with Gasteiger partial charge in [-0.15, -0.1) is 0 Å². The second-order valence-electron chi connectivity index (χ2n) is 3.98. The number of aromatic nitrogens is 2. The Hall–Kier alpha value is -2.58. The Bertz CT molecular complexity index is 552. The maximum Gasteiger partial charge on any atom is 0.358 e. The molecular formula is C12H18N4O5. The van der Waals surface area contributed by atoms with Crippen molar-refractivity contribution in [2.75, 3.05) is 18.6 Å². The van der Waals surface area contributed by atoms with Crippen molar-refractivity contribution in [1.29, 1.82) is 0 Å². The van der Waals surface area contributed by atoms with Crippen molar-refractivity contribution in [2.24, 2.45) is 5.73 Å². The van der Waals surface area contributed by atoms with E-state index in [2.05, 4.69) is 10.4 Å². The molecule has 9 heteroatoms. The lowest BCUT2D eigenvalue weighted by Crippen LogP contribution is -2.31. The van der Waals surface area contributed by atoms with Gasteiger partial charge in [0.15, 0.2) is 5.69 Å². The highest BCUT2D eigenvalue weighted by molar-refractivity contribution is 5.89. The van der Waals surface area contributed by atoms with Crippen LogP contribution in [0, 0.1) is 6.92 Å². The summed E-state index contributed by atoms with van der Waals surface area (Å²) in [5, 5.41) is 0. The van der Waals surface area contributed by atoms with Gasteiger partial charge in [0.2, 0.25) is 0 Å². The van der Waals surface area contributed by atoms with Gasteiger partial charge in [0, 0.05) is 0 Å². The number of amides is 2. The van der Waals surface area contributed by atoms with Crippen LogP contribution < -0.4 is 11.2 Å². The second-order valence-corrected chi connectivity index (χ2v) is 3.98. The van der Waals surface area contributed by atoms with Crippen LogP contribution in [0.2, 0.25) is 0 Å². The van der Waals surface area contributed by atoms with Gasteiger partial charge in [-0.05, 0) is 20.8 Å². The summed E-state index contributed by atoms with van der Waals surface area (Å²) in [6, 6.07) is -0.851. The average molecular weight is 298 g/mol. The Labute approximate surface area is 121 Å². The normalized spacial score (nSPS) is 10.0. The van der Waals surface area contributed by atoms with E-state index < -0.39 is 18.0 Å². The fourth-order valence-corrected chi connectivity index (χ4v) is 1.67. The average Bonchev–Trinajstić information content (AvgIpc) is 2.68. The molecular weight excluding hydrogens is 280 g/mol. The van der Waals surface area contributed by atoms with E-state index in [4.69, 9.17) is 15.2 Å². The molecule has 1 aromatic heterocycles. The van der Waals surface area contributed by atoms with Gasteiger partial charge in [-0.1, -0.05) is 0 Å². The van der Waals surface area contributed by atoms with Gasteiger partial charge in [-0.25, -0.2) is 24.7 Å². The number of nitrogens with zero attached hydrogens (tertiary/aromatic N) is 2. The fraction of sp³-hybridized carbons (Fsp3) is 0.500. The van der Waals surface area contributed by atoms with Gasteiger partial charge >= 0.3 is 18.0 Å². The molecule has 0 radical (unpaired) electrons. The van der Waals surface area contributed by atoms with Crippen LogP contribution in [0.3, 0.4) is 0 Å². The minimum absolute atomic E-state index is 0.00454. The highest BCUT2D eigenvalue weighted by atomic mass is 16.5. The van der Waals surface area contributed by atoms with E-state index in [1.807, 2.05) is 0 Å². The van der Waals surface area contributed by atoms with Gasteiger partial charge < -0.3 is 15.2 Å². The number of hydrogen-bond donors (Lipinski definition) is 2. The van der Waals surface area contributed by atoms with Crippen LogP contribution in [0.15, 0.2) is 0 Å². The maximum absolute atomic E-state index is 11.8. The third kappa shape index (κ3) is 4.20. The van der Waals surface area contributed by atoms with Crippen LogP contribution in [0.1, 0.15) is 35.9 Å². The smallest absolute Gasteiger partial charge is 0.358 e. The molecule has 3 N–H and O–H groups in total. The van der Waals surface area contributed by atoms with E-state index in [-0.39, 0.29) is 31.2 Å². The number of rotatable bonds is 6. The molecule has 116 valence electrons. The molecule has 0 atom stereocenters. The minimum Gasteiger partial charge on any atom is -0.466 e. The molecule has 0 aromatic carbocycles. The minimum atomic E-state index is -0.851. The highest BCUT2D eigenvalue weighted by Gasteiger charge is 2.23. The molecule has 1 heterocycles. The molecule has 0 fully saturated rings. The van der Waals surface area contributed by atoms with Crippen molar-refractivity contribution in [3.8, 4) is 0 Å². The lowest BCUT2D eigenvalue weighted by molar-refractivity contribution is -0.142. The second kappa shape index (κ2) is 7.27. The Kier molecular flexibility index (Phi) is 5.70. The zero-order chi connectivity index (χ0) is 16.0. The van der Waals surface area contributed by atoms with Crippen LogP contribution in [-0.4, -0.2) is 40.8 Å². The number of primary amides is 1. The first-order valence-corrected chi connectivity index (χ1v) is 6.38. The maximum atomic E-state index is 11.8. The number of carbonyl (C=O) groups excluding carboxylic acids is 3. The Morgan fingerprint density at radius 3 is 2.38 bits per heavy atom. The number of urea groups is 1. The lowest BCUT2D eigenvalue weighted by Gasteiger charge is -2.09. The van der Waals surface area contributed by atoms with Crippen LogP contribution in [0.4, 0.5) is 4.79 Å². The zero-order valence-electron chi connectivity index (χ0n) is 12.1. The number of imidazole rings is 1. The molecule has 1 aromatic rings. The SMILES string of the molecule is CCOC(=O)Cc1nc(C(=O)OCC)c(C)n1NC(N)=O. The summed E-state index contributed by atoms with van der Waals surface area (Å²) in [5.41, 5.74) is 7.66. The Morgan fingerprint density at radius 2 is 1.86 bits per heavy atom. The van der Waals surface area contributed by atoms with E-state index in [0.717, 1.165) is 0 Å². The monoisotopic (exact) mass is 298 g/mol. The molecule has 9 nitrogen and oxygen atoms in total. The van der Waals surface area contributed by atoms with Gasteiger partial charge in [0.1, 0.15) is 12.2 Å². The first-order chi connectivity index (χ1) is 9.90. The predicted octanol–water partition coefficient (Wildman–Crippen LogP) is 0.0960. The number of hydrogen-bond acceptors (Lipinski definition) is 6. The molecule has 0 aliphatic rings. The number of nitrogens with two attached hydrogens (primary N) is 1. The third-order valence-electron chi connectivity index (χ3n) is 2.48. The summed E-state index contributed by atoms with van der Waals surface area (Å²) in [6.45, 7) is 5.27. The first-order valence-electron chi connectivity index (χ1n) is 6.38. The quantitative estimate of drug-likeness (QED) is 0.717. The molecule has 0 aliphatic carbocycles. The number of carbonyl (C=O) groups is 3. The van der Waals surface area contributed by atoms with E-state index in [1.165, 1.54) is 4.68 Å². The van der Waals surface area contributed by atoms with Crippen LogP contribution >= 0.6 is 0 Å². The highest BCUT2D eigenvalue weighted by Crippen LogP contribution is 2.12. The van der Waals surface area contributed by atoms with Gasteiger partial charge in [0.05, 0.1) is 18.9 Å². The standard InChI is InChI=1S/C12H18N4O5/c1-4-20-9(17)6-8-14-10(11(18)21-5-2)7(3)16(8)15-12(13)19/h4-6H2,1-3H3,(H3,13,15,19). The summed E-state index contributed by atoms with van der Waals surface area (Å²) in [6.07, 6.45) is -0.214. The molecule has 0 saturated carbocycles. The van der Waals surface area contributed by atoms with Crippen molar-refractivity contribution in [1.82, 2.24) is 9.66 Å². The summed E-state index contributed by atoms with van der Waals surface area (Å²) in [7, 11) is 0. The van der Waals surface area contributed by atoms with Gasteiger partial charge in [-0.2, -0.15) is 0 Å². The van der Waals surface area contributed by atoms with Gasteiger partial charge in [-0.3, -0.25) is 4.79 Å². The summed E-state index contributed by atoms with van der Waals surface area (Å²) < 4.78 is 10.8. The summed E-state index contributed by atoms with van der Waals surface area (Å²) >= 11 is 0. The number of esters is 2. The molecule has 0 unspecified atom stereocenters. The molecule has 1 rings (SSSR count). The van der Waals surface area contributed by atoms with Crippen molar-refractivity contribution in [3.63, 3.8) is 0 Å². The molecule has 0 aliphatic heterocycles. The van der Waals surface area contributed by atoms with E-state index in [0.29, 0.717) is 5.69 Å². The zero-order valence-corrected chi connectivity index (χ0v) is 12.1. The van der Waals surface area contributed by atoms with Crippen LogP contribution in [-0.2, 0) is 20.7 Å². The molecule has 2 amide bonds. The molecule has 0 saturated heterocycles. The van der Waals surface area contributed by atoms with E-state index in [9.17, 15) is 14.4 Å². The molecule has 0 bridgehead atoms. The lowest BCUT2D eigenvalue weighted by atomic mass is 10.3. The summed E-state index contributed by atoms with van der Waals surface area (Å²) in [4.78, 5) is 38.3. The Balaban J connectivity index is 3.14. The van der Waals surface area contributed by atoms with Crippen molar-refractivity contribution in [3.05, 3.63) is 17.2 Å². The van der Waals surface area contributed by atoms with Crippen molar-refractivity contribution < 1.29 is 23.9 Å². The summed E-state index contributed by atoms with van der Waals surface area (Å²) in [5.74, 6) is -1.05. The van der Waals surface area contributed by atoms with Crippen molar-refractivity contribution >= 4 is 18.0 Å². The number of ether oxygens (including phenoxy) is 2.